The van der Waals surface area contributed by atoms with Crippen molar-refractivity contribution in [1.82, 2.24) is 14.8 Å². The Morgan fingerprint density at radius 1 is 1.29 bits per heavy atom. The van der Waals surface area contributed by atoms with E-state index < -0.39 is 0 Å². The van der Waals surface area contributed by atoms with Crippen LogP contribution in [0.1, 0.15) is 16.8 Å². The standard InChI is InChI=1S/C18H28N4O3.CH2O2/c1-20(2)17-5-4-15(12-19-17)18(23)22-7-3-6-21(8-9-22)13-16-14-24-10-11-25-16;2-1-3/h4-5,12,16H,3,6-11,13-14H2,1-2H3;1H,(H,2,3). The lowest BCUT2D eigenvalue weighted by atomic mass is 10.2. The minimum absolute atomic E-state index is 0.0666. The van der Waals surface area contributed by atoms with Crippen LogP contribution in [0.25, 0.3) is 0 Å². The monoisotopic (exact) mass is 394 g/mol. The van der Waals surface area contributed by atoms with Crippen LogP contribution >= 0.6 is 0 Å². The highest BCUT2D eigenvalue weighted by molar-refractivity contribution is 5.94. The van der Waals surface area contributed by atoms with E-state index in [1.54, 1.807) is 6.20 Å². The molecule has 0 radical (unpaired) electrons. The fourth-order valence-corrected chi connectivity index (χ4v) is 3.25. The van der Waals surface area contributed by atoms with Gasteiger partial charge in [0.25, 0.3) is 12.4 Å². The quantitative estimate of drug-likeness (QED) is 0.734. The maximum atomic E-state index is 12.7. The molecule has 0 spiro atoms. The van der Waals surface area contributed by atoms with Crippen molar-refractivity contribution in [2.24, 2.45) is 0 Å². The van der Waals surface area contributed by atoms with Gasteiger partial charge in [0.05, 0.1) is 31.5 Å². The molecule has 2 fully saturated rings. The zero-order valence-electron chi connectivity index (χ0n) is 16.6. The van der Waals surface area contributed by atoms with E-state index in [2.05, 4.69) is 9.88 Å². The van der Waals surface area contributed by atoms with Gasteiger partial charge in [-0.15, -0.1) is 0 Å². The molecule has 0 aliphatic carbocycles. The third-order valence-corrected chi connectivity index (χ3v) is 4.68. The van der Waals surface area contributed by atoms with E-state index in [0.717, 1.165) is 45.0 Å². The van der Waals surface area contributed by atoms with Crippen LogP contribution in [-0.2, 0) is 14.3 Å². The van der Waals surface area contributed by atoms with Crippen molar-refractivity contribution in [3.63, 3.8) is 0 Å². The molecule has 2 saturated heterocycles. The Bertz CT molecular complexity index is 605. The summed E-state index contributed by atoms with van der Waals surface area (Å²) >= 11 is 0. The molecule has 0 bridgehead atoms. The summed E-state index contributed by atoms with van der Waals surface area (Å²) in [6.07, 6.45) is 2.80. The minimum Gasteiger partial charge on any atom is -0.483 e. The first-order chi connectivity index (χ1) is 13.5. The Balaban J connectivity index is 0.000000878. The smallest absolute Gasteiger partial charge is 0.290 e. The predicted octanol–water partition coefficient (Wildman–Crippen LogP) is 0.412. The van der Waals surface area contributed by atoms with Crippen LogP contribution in [-0.4, -0.2) is 105 Å². The third-order valence-electron chi connectivity index (χ3n) is 4.68. The zero-order chi connectivity index (χ0) is 20.4. The lowest BCUT2D eigenvalue weighted by Crippen LogP contribution is -2.42. The zero-order valence-corrected chi connectivity index (χ0v) is 16.6. The number of hydrogen-bond acceptors (Lipinski definition) is 7. The number of hydrogen-bond donors (Lipinski definition) is 1. The van der Waals surface area contributed by atoms with Gasteiger partial charge < -0.3 is 24.4 Å². The van der Waals surface area contributed by atoms with Gasteiger partial charge in [0, 0.05) is 46.5 Å². The van der Waals surface area contributed by atoms with Gasteiger partial charge in [-0.1, -0.05) is 0 Å². The molecule has 0 aromatic carbocycles. The number of anilines is 1. The molecule has 2 aliphatic rings. The number of nitrogens with zero attached hydrogens (tertiary/aromatic N) is 4. The Kier molecular flexibility index (Phi) is 9.12. The predicted molar refractivity (Wildman–Crippen MR) is 105 cm³/mol. The van der Waals surface area contributed by atoms with Crippen molar-refractivity contribution >= 4 is 18.2 Å². The first-order valence-electron chi connectivity index (χ1n) is 9.47. The number of ether oxygens (including phenoxy) is 2. The maximum absolute atomic E-state index is 12.7. The summed E-state index contributed by atoms with van der Waals surface area (Å²) in [5, 5.41) is 6.89. The van der Waals surface area contributed by atoms with Crippen molar-refractivity contribution < 1.29 is 24.2 Å². The summed E-state index contributed by atoms with van der Waals surface area (Å²) in [7, 11) is 3.88. The Morgan fingerprint density at radius 3 is 2.68 bits per heavy atom. The van der Waals surface area contributed by atoms with Crippen LogP contribution in [0, 0.1) is 0 Å². The highest BCUT2D eigenvalue weighted by Crippen LogP contribution is 2.13. The molecule has 2 aliphatic heterocycles. The fourth-order valence-electron chi connectivity index (χ4n) is 3.25. The van der Waals surface area contributed by atoms with Gasteiger partial charge in [-0.3, -0.25) is 14.5 Å². The van der Waals surface area contributed by atoms with Gasteiger partial charge in [0.1, 0.15) is 5.82 Å². The molecule has 9 heteroatoms. The van der Waals surface area contributed by atoms with Crippen molar-refractivity contribution in [3.8, 4) is 0 Å². The fraction of sp³-hybridized carbons (Fsp3) is 0.632. The van der Waals surface area contributed by atoms with Gasteiger partial charge in [-0.05, 0) is 25.1 Å². The van der Waals surface area contributed by atoms with E-state index in [1.807, 2.05) is 36.0 Å². The van der Waals surface area contributed by atoms with Gasteiger partial charge in [0.2, 0.25) is 0 Å². The lowest BCUT2D eigenvalue weighted by molar-refractivity contribution is -0.122. The summed E-state index contributed by atoms with van der Waals surface area (Å²) in [5.74, 6) is 0.921. The highest BCUT2D eigenvalue weighted by atomic mass is 16.6. The van der Waals surface area contributed by atoms with Crippen LogP contribution < -0.4 is 4.90 Å². The van der Waals surface area contributed by atoms with Crippen LogP contribution in [0.15, 0.2) is 18.3 Å². The Hall–Kier alpha value is -2.23. The van der Waals surface area contributed by atoms with E-state index in [4.69, 9.17) is 19.4 Å². The van der Waals surface area contributed by atoms with Gasteiger partial charge in [-0.2, -0.15) is 0 Å². The van der Waals surface area contributed by atoms with E-state index in [1.165, 1.54) is 0 Å². The van der Waals surface area contributed by atoms with Crippen molar-refractivity contribution in [3.05, 3.63) is 23.9 Å². The Morgan fingerprint density at radius 2 is 2.07 bits per heavy atom. The minimum atomic E-state index is -0.250. The van der Waals surface area contributed by atoms with Crippen molar-refractivity contribution in [1.29, 1.82) is 0 Å². The topological polar surface area (TPSA) is 95.4 Å². The third kappa shape index (κ3) is 6.74. The Labute approximate surface area is 165 Å². The molecular weight excluding hydrogens is 364 g/mol. The molecule has 1 atom stereocenters. The second-order valence-electron chi connectivity index (χ2n) is 6.92. The van der Waals surface area contributed by atoms with Crippen LogP contribution in [0.5, 0.6) is 0 Å². The van der Waals surface area contributed by atoms with E-state index >= 15 is 0 Å². The molecule has 28 heavy (non-hydrogen) atoms. The molecule has 3 heterocycles. The van der Waals surface area contributed by atoms with Crippen LogP contribution in [0.4, 0.5) is 5.82 Å². The largest absolute Gasteiger partial charge is 0.483 e. The summed E-state index contributed by atoms with van der Waals surface area (Å²) in [6, 6.07) is 3.75. The molecular formula is C19H30N4O5. The molecule has 0 saturated carbocycles. The SMILES string of the molecule is CN(C)c1ccc(C(=O)N2CCCN(CC3COCCO3)CC2)cn1.O=CO. The van der Waals surface area contributed by atoms with E-state index in [0.29, 0.717) is 25.4 Å². The molecule has 1 unspecified atom stereocenters. The van der Waals surface area contributed by atoms with Crippen LogP contribution in [0.2, 0.25) is 0 Å². The number of aromatic nitrogens is 1. The number of amides is 1. The molecule has 156 valence electrons. The van der Waals surface area contributed by atoms with E-state index in [9.17, 15) is 4.79 Å². The van der Waals surface area contributed by atoms with Crippen molar-refractivity contribution in [2.45, 2.75) is 12.5 Å². The number of carboxylic acid groups (broad SMARTS) is 1. The normalized spacial score (nSPS) is 20.5. The number of rotatable bonds is 4. The summed E-state index contributed by atoms with van der Waals surface area (Å²) in [6.45, 7) is 6.05. The number of carbonyl (C=O) groups excluding carboxylic acids is 1. The van der Waals surface area contributed by atoms with Gasteiger partial charge >= 0.3 is 0 Å². The number of carbonyl (C=O) groups is 2. The van der Waals surface area contributed by atoms with Crippen LogP contribution in [0.3, 0.4) is 0 Å². The molecule has 1 amide bonds. The molecule has 3 rings (SSSR count). The first kappa shape index (κ1) is 22.1. The number of pyridine rings is 1. The molecule has 1 aromatic heterocycles. The summed E-state index contributed by atoms with van der Waals surface area (Å²) < 4.78 is 11.2. The van der Waals surface area contributed by atoms with Crippen molar-refractivity contribution in [2.75, 3.05) is 71.5 Å². The lowest BCUT2D eigenvalue weighted by Gasteiger charge is -2.29. The van der Waals surface area contributed by atoms with Gasteiger partial charge in [-0.25, -0.2) is 4.98 Å². The molecule has 9 nitrogen and oxygen atoms in total. The first-order valence-corrected chi connectivity index (χ1v) is 9.47. The van der Waals surface area contributed by atoms with Gasteiger partial charge in [0.15, 0.2) is 0 Å². The summed E-state index contributed by atoms with van der Waals surface area (Å²) in [5.41, 5.74) is 0.656. The molecule has 1 N–H and O–H groups in total. The highest BCUT2D eigenvalue weighted by Gasteiger charge is 2.23. The average molecular weight is 394 g/mol. The average Bonchev–Trinajstić information content (AvgIpc) is 2.94. The molecule has 1 aromatic rings. The second kappa shape index (κ2) is 11.6. The summed E-state index contributed by atoms with van der Waals surface area (Å²) in [4.78, 5) is 31.7. The maximum Gasteiger partial charge on any atom is 0.290 e. The van der Waals surface area contributed by atoms with E-state index in [-0.39, 0.29) is 18.5 Å². The second-order valence-corrected chi connectivity index (χ2v) is 6.92.